The Morgan fingerprint density at radius 2 is 0.892 bits per heavy atom. The van der Waals surface area contributed by atoms with E-state index >= 15 is 0 Å². The summed E-state index contributed by atoms with van der Waals surface area (Å²) in [5.74, 6) is 1.89. The third-order valence-corrected chi connectivity index (χ3v) is 8.63. The van der Waals surface area contributed by atoms with Gasteiger partial charge < -0.3 is 10.2 Å². The number of hydrogen-bond acceptors (Lipinski definition) is 2. The Labute approximate surface area is 233 Å². The van der Waals surface area contributed by atoms with Crippen molar-refractivity contribution in [1.29, 1.82) is 0 Å². The molecule has 0 aliphatic heterocycles. The fourth-order valence-electron chi connectivity index (χ4n) is 6.60. The minimum atomic E-state index is -0.674. The minimum Gasteiger partial charge on any atom is -0.481 e. The lowest BCUT2D eigenvalue weighted by Crippen LogP contribution is -2.21. The Kier molecular flexibility index (Phi) is 23.0. The number of aliphatic carboxylic acids is 1. The molecule has 0 aliphatic rings. The van der Waals surface area contributed by atoms with Gasteiger partial charge in [-0.05, 0) is 68.1 Å². The minimum absolute atomic E-state index is 0.151. The van der Waals surface area contributed by atoms with Gasteiger partial charge in [-0.15, -0.1) is 0 Å². The van der Waals surface area contributed by atoms with E-state index in [4.69, 9.17) is 5.11 Å². The van der Waals surface area contributed by atoms with E-state index in [2.05, 4.69) is 41.5 Å². The van der Waals surface area contributed by atoms with Crippen molar-refractivity contribution < 1.29 is 15.0 Å². The highest BCUT2D eigenvalue weighted by Gasteiger charge is 2.21. The highest BCUT2D eigenvalue weighted by molar-refractivity contribution is 5.69. The van der Waals surface area contributed by atoms with Crippen molar-refractivity contribution in [2.75, 3.05) is 0 Å². The van der Waals surface area contributed by atoms with Crippen LogP contribution in [0.25, 0.3) is 0 Å². The van der Waals surface area contributed by atoms with E-state index in [0.717, 1.165) is 25.7 Å². The van der Waals surface area contributed by atoms with Gasteiger partial charge in [-0.2, -0.15) is 0 Å². The molecule has 0 amide bonds. The smallest absolute Gasteiger partial charge is 0.306 e. The number of aliphatic hydroxyl groups excluding tert-OH is 1. The second-order valence-electron chi connectivity index (χ2n) is 13.4. The Hall–Kier alpha value is -0.570. The van der Waals surface area contributed by atoms with Crippen LogP contribution in [0.15, 0.2) is 0 Å². The van der Waals surface area contributed by atoms with Gasteiger partial charge in [0.05, 0.1) is 12.0 Å². The van der Waals surface area contributed by atoms with Crippen molar-refractivity contribution in [3.63, 3.8) is 0 Å². The first-order chi connectivity index (χ1) is 17.6. The second-order valence-corrected chi connectivity index (χ2v) is 13.4. The molecule has 0 spiro atoms. The zero-order chi connectivity index (χ0) is 28.1. The lowest BCUT2D eigenvalue weighted by Gasteiger charge is -2.26. The number of rotatable bonds is 26. The Morgan fingerprint density at radius 3 is 1.30 bits per heavy atom. The molecule has 0 aromatic heterocycles. The van der Waals surface area contributed by atoms with Crippen molar-refractivity contribution in [2.45, 2.75) is 177 Å². The van der Waals surface area contributed by atoms with Gasteiger partial charge in [0.1, 0.15) is 0 Å². The van der Waals surface area contributed by atoms with Crippen molar-refractivity contribution in [1.82, 2.24) is 0 Å². The highest BCUT2D eigenvalue weighted by atomic mass is 16.4. The van der Waals surface area contributed by atoms with E-state index in [9.17, 15) is 9.90 Å². The van der Waals surface area contributed by atoms with Crippen LogP contribution in [0.2, 0.25) is 0 Å². The van der Waals surface area contributed by atoms with Crippen molar-refractivity contribution in [2.24, 2.45) is 35.5 Å². The molecule has 0 radical (unpaired) electrons. The first-order valence-electron chi connectivity index (χ1n) is 16.5. The van der Waals surface area contributed by atoms with Crippen molar-refractivity contribution >= 4 is 5.97 Å². The molecule has 2 N–H and O–H groups in total. The van der Waals surface area contributed by atoms with Gasteiger partial charge in [0, 0.05) is 0 Å². The van der Waals surface area contributed by atoms with Crippen LogP contribution in [0.4, 0.5) is 0 Å². The van der Waals surface area contributed by atoms with E-state index in [1.54, 1.807) is 0 Å². The topological polar surface area (TPSA) is 57.5 Å². The summed E-state index contributed by atoms with van der Waals surface area (Å²) in [7, 11) is 0. The summed E-state index contributed by atoms with van der Waals surface area (Å²) >= 11 is 0. The molecular weight excluding hydrogens is 456 g/mol. The Balaban J connectivity index is 3.84. The molecule has 0 rings (SSSR count). The van der Waals surface area contributed by atoms with Gasteiger partial charge in [0.2, 0.25) is 0 Å². The van der Waals surface area contributed by atoms with Crippen LogP contribution in [0.3, 0.4) is 0 Å². The third-order valence-electron chi connectivity index (χ3n) is 8.63. The molecule has 37 heavy (non-hydrogen) atoms. The summed E-state index contributed by atoms with van der Waals surface area (Å²) < 4.78 is 0. The van der Waals surface area contributed by atoms with E-state index in [1.165, 1.54) is 96.3 Å². The molecule has 0 fully saturated rings. The number of carbonyl (C=O) groups is 1. The molecule has 0 aromatic rings. The maximum Gasteiger partial charge on any atom is 0.306 e. The molecule has 0 aromatic carbocycles. The molecule has 0 bridgehead atoms. The fraction of sp³-hybridized carbons (Fsp3) is 0.971. The summed E-state index contributed by atoms with van der Waals surface area (Å²) in [6.45, 7) is 15.6. The maximum absolute atomic E-state index is 11.1. The lowest BCUT2D eigenvalue weighted by molar-refractivity contribution is -0.141. The molecule has 0 saturated carbocycles. The normalized spacial score (nSPS) is 17.6. The monoisotopic (exact) mass is 525 g/mol. The summed E-state index contributed by atoms with van der Waals surface area (Å²) in [4.78, 5) is 11.1. The predicted octanol–water partition coefficient (Wildman–Crippen LogP) is 10.7. The van der Waals surface area contributed by atoms with Crippen LogP contribution in [0.5, 0.6) is 0 Å². The molecule has 222 valence electrons. The molecule has 7 atom stereocenters. The summed E-state index contributed by atoms with van der Waals surface area (Å²) in [6.07, 6.45) is 24.1. The maximum atomic E-state index is 11.1. The first kappa shape index (κ1) is 36.4. The Bertz CT molecular complexity index is 519. The van der Waals surface area contributed by atoms with Gasteiger partial charge in [-0.1, -0.05) is 132 Å². The number of carboxylic acids is 1. The molecule has 0 heterocycles. The van der Waals surface area contributed by atoms with Crippen LogP contribution in [0, 0.1) is 35.5 Å². The molecule has 1 unspecified atom stereocenters. The van der Waals surface area contributed by atoms with E-state index in [-0.39, 0.29) is 12.0 Å². The number of aliphatic hydroxyl groups is 1. The highest BCUT2D eigenvalue weighted by Crippen LogP contribution is 2.29. The van der Waals surface area contributed by atoms with Crippen LogP contribution in [-0.4, -0.2) is 22.3 Å². The quantitative estimate of drug-likeness (QED) is 0.111. The SMILES string of the molecule is CCCCCCCCCCCCCCCC(O)[C@H](C)C[C@H](C)C[C@H](C)C[C@H](C)C[C@H](C)C[C@H](C)C(=O)O. The van der Waals surface area contributed by atoms with Gasteiger partial charge in [-0.25, -0.2) is 0 Å². The molecule has 0 saturated heterocycles. The second kappa shape index (κ2) is 23.3. The molecule has 3 nitrogen and oxygen atoms in total. The van der Waals surface area contributed by atoms with Crippen molar-refractivity contribution in [3.8, 4) is 0 Å². The first-order valence-corrected chi connectivity index (χ1v) is 16.5. The van der Waals surface area contributed by atoms with Gasteiger partial charge in [-0.3, -0.25) is 4.79 Å². The largest absolute Gasteiger partial charge is 0.481 e. The zero-order valence-corrected chi connectivity index (χ0v) is 26.3. The average molecular weight is 525 g/mol. The van der Waals surface area contributed by atoms with Crippen LogP contribution in [-0.2, 0) is 4.79 Å². The third kappa shape index (κ3) is 22.0. The Morgan fingerprint density at radius 1 is 0.541 bits per heavy atom. The van der Waals surface area contributed by atoms with Crippen LogP contribution in [0.1, 0.15) is 170 Å². The lowest BCUT2D eigenvalue weighted by atomic mass is 9.81. The molecule has 3 heteroatoms. The van der Waals surface area contributed by atoms with Crippen molar-refractivity contribution in [3.05, 3.63) is 0 Å². The molecule has 0 aliphatic carbocycles. The van der Waals surface area contributed by atoms with Gasteiger partial charge >= 0.3 is 5.97 Å². The summed E-state index contributed by atoms with van der Waals surface area (Å²) in [5.41, 5.74) is 0. The van der Waals surface area contributed by atoms with Gasteiger partial charge in [0.25, 0.3) is 0 Å². The fourth-order valence-corrected chi connectivity index (χ4v) is 6.60. The van der Waals surface area contributed by atoms with Gasteiger partial charge in [0.15, 0.2) is 0 Å². The number of hydrogen-bond donors (Lipinski definition) is 2. The molecular formula is C34H68O3. The van der Waals surface area contributed by atoms with Crippen LogP contribution >= 0.6 is 0 Å². The summed E-state index contributed by atoms with van der Waals surface area (Å²) in [5, 5.41) is 19.8. The zero-order valence-electron chi connectivity index (χ0n) is 26.3. The van der Waals surface area contributed by atoms with E-state index in [0.29, 0.717) is 29.6 Å². The summed E-state index contributed by atoms with van der Waals surface area (Å²) in [6, 6.07) is 0. The average Bonchev–Trinajstić information content (AvgIpc) is 2.81. The van der Waals surface area contributed by atoms with E-state index in [1.807, 2.05) is 6.92 Å². The number of unbranched alkanes of at least 4 members (excludes halogenated alkanes) is 12. The standard InChI is InChI=1S/C34H68O3/c1-8-9-10-11-12-13-14-15-16-17-18-19-20-21-33(35)31(6)25-29(4)23-27(2)22-28(3)24-30(5)26-32(7)34(36)37/h27-33,35H,8-26H2,1-7H3,(H,36,37)/t27-,28+,29-,30+,31-,32+,33?/m1/s1. The van der Waals surface area contributed by atoms with Crippen LogP contribution < -0.4 is 0 Å². The van der Waals surface area contributed by atoms with E-state index < -0.39 is 5.97 Å². The number of carboxylic acid groups (broad SMARTS) is 1. The predicted molar refractivity (Wildman–Crippen MR) is 162 cm³/mol.